The number of hydrogen-bond donors (Lipinski definition) is 2. The number of hydrogen-bond acceptors (Lipinski definition) is 7. The van der Waals surface area contributed by atoms with E-state index in [1.165, 1.54) is 28.5 Å². The maximum Gasteiger partial charge on any atom is 0.408 e. The Hall–Kier alpha value is -3.83. The zero-order valence-corrected chi connectivity index (χ0v) is 21.9. The number of fused-ring (bicyclic) bond motifs is 3. The summed E-state index contributed by atoms with van der Waals surface area (Å²) in [4.78, 5) is 21.0. The van der Waals surface area contributed by atoms with Crippen molar-refractivity contribution in [3.63, 3.8) is 0 Å². The number of ether oxygens (including phenoxy) is 1. The number of nitrogens with one attached hydrogen (secondary N) is 1. The molecule has 0 radical (unpaired) electrons. The van der Waals surface area contributed by atoms with Crippen LogP contribution in [0.25, 0.3) is 22.3 Å². The monoisotopic (exact) mass is 538 g/mol. The predicted octanol–water partition coefficient (Wildman–Crippen LogP) is 4.29. The summed E-state index contributed by atoms with van der Waals surface area (Å²) in [5, 5.41) is 12.5. The zero-order chi connectivity index (χ0) is 27.2. The number of alkyl halides is 1. The summed E-state index contributed by atoms with van der Waals surface area (Å²) in [5.41, 5.74) is 1.60. The number of aromatic nitrogens is 3. The van der Waals surface area contributed by atoms with E-state index in [-0.39, 0.29) is 29.3 Å². The largest absolute Gasteiger partial charge is 0.444 e. The van der Waals surface area contributed by atoms with Gasteiger partial charge in [0.1, 0.15) is 17.5 Å². The van der Waals surface area contributed by atoms with Crippen LogP contribution >= 0.6 is 0 Å². The number of halogens is 1. The Morgan fingerprint density at radius 2 is 1.89 bits per heavy atom. The third kappa shape index (κ3) is 4.63. The van der Waals surface area contributed by atoms with Gasteiger partial charge in [0.05, 0.1) is 46.8 Å². The van der Waals surface area contributed by atoms with Gasteiger partial charge in [-0.15, -0.1) is 0 Å². The van der Waals surface area contributed by atoms with Gasteiger partial charge in [-0.05, 0) is 56.2 Å². The Morgan fingerprint density at radius 1 is 1.16 bits per heavy atom. The molecule has 0 saturated carbocycles. The quantitative estimate of drug-likeness (QED) is 0.389. The Bertz CT molecular complexity index is 1610. The molecule has 9 nitrogen and oxygen atoms in total. The molecule has 11 heteroatoms. The summed E-state index contributed by atoms with van der Waals surface area (Å²) >= 11 is 0. The molecular weight excluding hydrogens is 511 g/mol. The van der Waals surface area contributed by atoms with Crippen molar-refractivity contribution in [3.05, 3.63) is 77.7 Å². The molecule has 0 bridgehead atoms. The number of aliphatic hydroxyl groups excluding tert-OH is 1. The van der Waals surface area contributed by atoms with Gasteiger partial charge in [0.25, 0.3) is 10.0 Å². The standard InChI is InChI=1S/C27H27FN4O5S/c1-27(2,3)37-26(34)31-25-18-9-10-23-20(19(18)11-21(25)28)12-24(22-14-29-16(15-33)13-30-22)32(23)38(35,36)17-7-5-4-6-8-17/h4-10,12-14,21,25,33H,11,15H2,1-3H3,(H,31,34)/t21-,25+/m0/s1. The van der Waals surface area contributed by atoms with Crippen LogP contribution in [0.15, 0.2) is 65.8 Å². The fourth-order valence-corrected chi connectivity index (χ4v) is 6.20. The van der Waals surface area contributed by atoms with Gasteiger partial charge in [0.15, 0.2) is 0 Å². The average Bonchev–Trinajstić information content (AvgIpc) is 3.42. The second-order valence-corrected chi connectivity index (χ2v) is 11.9. The van der Waals surface area contributed by atoms with E-state index >= 15 is 4.39 Å². The number of carbonyl (C=O) groups excluding carboxylic acids is 1. The molecule has 198 valence electrons. The number of nitrogens with zero attached hydrogens (tertiary/aromatic N) is 3. The normalized spacial score (nSPS) is 17.4. The van der Waals surface area contributed by atoms with E-state index < -0.39 is 33.9 Å². The highest BCUT2D eigenvalue weighted by molar-refractivity contribution is 7.90. The average molecular weight is 539 g/mol. The van der Waals surface area contributed by atoms with Crippen LogP contribution in [0.5, 0.6) is 0 Å². The number of rotatable bonds is 5. The number of alkyl carbamates (subject to hydrolysis) is 1. The molecule has 2 aromatic carbocycles. The van der Waals surface area contributed by atoms with Crippen molar-refractivity contribution in [3.8, 4) is 11.4 Å². The van der Waals surface area contributed by atoms with Gasteiger partial charge in [-0.3, -0.25) is 9.97 Å². The molecule has 38 heavy (non-hydrogen) atoms. The molecule has 0 unspecified atom stereocenters. The van der Waals surface area contributed by atoms with Crippen LogP contribution in [-0.2, 0) is 27.8 Å². The lowest BCUT2D eigenvalue weighted by Gasteiger charge is -2.23. The van der Waals surface area contributed by atoms with Gasteiger partial charge in [-0.2, -0.15) is 0 Å². The summed E-state index contributed by atoms with van der Waals surface area (Å²) in [7, 11) is -4.08. The third-order valence-corrected chi connectivity index (χ3v) is 8.01. The summed E-state index contributed by atoms with van der Waals surface area (Å²) in [6.45, 7) is 4.85. The summed E-state index contributed by atoms with van der Waals surface area (Å²) in [6, 6.07) is 11.9. The van der Waals surface area contributed by atoms with E-state index in [4.69, 9.17) is 4.74 Å². The van der Waals surface area contributed by atoms with Crippen LogP contribution < -0.4 is 5.32 Å². The Kier molecular flexibility index (Phi) is 6.44. The number of carbonyl (C=O) groups is 1. The number of aliphatic hydroxyl groups is 1. The van der Waals surface area contributed by atoms with Crippen LogP contribution in [-0.4, -0.2) is 45.3 Å². The van der Waals surface area contributed by atoms with Gasteiger partial charge < -0.3 is 15.2 Å². The number of amides is 1. The van der Waals surface area contributed by atoms with Crippen LogP contribution in [0.3, 0.4) is 0 Å². The van der Waals surface area contributed by atoms with Gasteiger partial charge in [-0.1, -0.05) is 24.3 Å². The van der Waals surface area contributed by atoms with Crippen molar-refractivity contribution in [2.24, 2.45) is 0 Å². The fourth-order valence-electron chi connectivity index (χ4n) is 4.67. The Labute approximate surface area is 219 Å². The molecule has 2 atom stereocenters. The van der Waals surface area contributed by atoms with Crippen LogP contribution in [0.4, 0.5) is 9.18 Å². The fraction of sp³-hybridized carbons (Fsp3) is 0.296. The van der Waals surface area contributed by atoms with E-state index in [1.807, 2.05) is 0 Å². The van der Waals surface area contributed by atoms with Crippen LogP contribution in [0, 0.1) is 0 Å². The summed E-state index contributed by atoms with van der Waals surface area (Å²) < 4.78 is 49.5. The topological polar surface area (TPSA) is 123 Å². The highest BCUT2D eigenvalue weighted by Gasteiger charge is 2.37. The van der Waals surface area contributed by atoms with Crippen molar-refractivity contribution >= 4 is 27.0 Å². The Balaban J connectivity index is 1.68. The predicted molar refractivity (Wildman–Crippen MR) is 139 cm³/mol. The van der Waals surface area contributed by atoms with Crippen LogP contribution in [0.1, 0.15) is 43.6 Å². The highest BCUT2D eigenvalue weighted by atomic mass is 32.2. The second-order valence-electron chi connectivity index (χ2n) is 10.1. The first-order valence-electron chi connectivity index (χ1n) is 12.0. The number of benzene rings is 2. The van der Waals surface area contributed by atoms with Gasteiger partial charge >= 0.3 is 6.09 Å². The van der Waals surface area contributed by atoms with Crippen molar-refractivity contribution in [2.75, 3.05) is 0 Å². The lowest BCUT2D eigenvalue weighted by Crippen LogP contribution is -2.37. The molecule has 4 aromatic rings. The van der Waals surface area contributed by atoms with Crippen LogP contribution in [0.2, 0.25) is 0 Å². The molecule has 2 heterocycles. The van der Waals surface area contributed by atoms with E-state index in [0.29, 0.717) is 27.7 Å². The third-order valence-electron chi connectivity index (χ3n) is 6.27. The minimum atomic E-state index is -4.08. The smallest absolute Gasteiger partial charge is 0.408 e. The molecular formula is C27H27FN4O5S. The minimum Gasteiger partial charge on any atom is -0.444 e. The summed E-state index contributed by atoms with van der Waals surface area (Å²) in [6.07, 6.45) is 0.584. The molecule has 0 spiro atoms. The molecule has 0 aliphatic heterocycles. The van der Waals surface area contributed by atoms with Crippen molar-refractivity contribution in [2.45, 2.75) is 56.5 Å². The molecule has 1 amide bonds. The first-order valence-corrected chi connectivity index (χ1v) is 13.5. The lowest BCUT2D eigenvalue weighted by atomic mass is 10.0. The molecule has 1 aliphatic rings. The lowest BCUT2D eigenvalue weighted by molar-refractivity contribution is 0.0479. The minimum absolute atomic E-state index is 0.0168. The van der Waals surface area contributed by atoms with Crippen molar-refractivity contribution in [1.82, 2.24) is 19.3 Å². The molecule has 0 fully saturated rings. The SMILES string of the molecule is CC(C)(C)OC(=O)N[C@@H]1c2ccc3c(cc(-c4cnc(CO)cn4)n3S(=O)(=O)c3ccccc3)c2C[C@@H]1F. The van der Waals surface area contributed by atoms with E-state index in [0.717, 1.165) is 0 Å². The van der Waals surface area contributed by atoms with Gasteiger partial charge in [0, 0.05) is 11.8 Å². The first-order chi connectivity index (χ1) is 18.0. The van der Waals surface area contributed by atoms with E-state index in [2.05, 4.69) is 15.3 Å². The van der Waals surface area contributed by atoms with Gasteiger partial charge in [0.2, 0.25) is 0 Å². The van der Waals surface area contributed by atoms with E-state index in [9.17, 15) is 18.3 Å². The van der Waals surface area contributed by atoms with Gasteiger partial charge in [-0.25, -0.2) is 21.6 Å². The van der Waals surface area contributed by atoms with E-state index in [1.54, 1.807) is 57.2 Å². The molecule has 5 rings (SSSR count). The molecule has 2 aromatic heterocycles. The zero-order valence-electron chi connectivity index (χ0n) is 21.1. The molecule has 1 aliphatic carbocycles. The van der Waals surface area contributed by atoms with Crippen molar-refractivity contribution < 1.29 is 27.4 Å². The molecule has 2 N–H and O–H groups in total. The second kappa shape index (κ2) is 9.48. The molecule has 0 saturated heterocycles. The maximum atomic E-state index is 15.3. The Morgan fingerprint density at radius 3 is 2.53 bits per heavy atom. The maximum absolute atomic E-state index is 15.3. The highest BCUT2D eigenvalue weighted by Crippen LogP contribution is 2.41. The summed E-state index contributed by atoms with van der Waals surface area (Å²) in [5.74, 6) is 0. The van der Waals surface area contributed by atoms with Crippen molar-refractivity contribution in [1.29, 1.82) is 0 Å². The first kappa shape index (κ1) is 25.8.